The monoisotopic (exact) mass is 475 g/mol. The molecule has 2 aromatic rings. The molecule has 5 N–H and O–H groups in total. The molecule has 0 fully saturated rings. The molecule has 33 heavy (non-hydrogen) atoms. The fourth-order valence-electron chi connectivity index (χ4n) is 2.81. The quantitative estimate of drug-likeness (QED) is 0.280. The van der Waals surface area contributed by atoms with E-state index >= 15 is 0 Å². The molecule has 2 unspecified atom stereocenters. The van der Waals surface area contributed by atoms with Gasteiger partial charge in [0, 0.05) is 34.4 Å². The van der Waals surface area contributed by atoms with Gasteiger partial charge in [0.15, 0.2) is 0 Å². The summed E-state index contributed by atoms with van der Waals surface area (Å²) in [5.41, 5.74) is 8.00. The summed E-state index contributed by atoms with van der Waals surface area (Å²) in [5, 5.41) is 15.5. The second-order valence-corrected chi connectivity index (χ2v) is 8.03. The maximum atomic E-state index is 13.0. The highest BCUT2D eigenvalue weighted by Crippen LogP contribution is 2.24. The molecule has 0 aliphatic carbocycles. The molecule has 2 rings (SSSR count). The number of hydrogen-bond donors (Lipinski definition) is 4. The number of nitrogens with two attached hydrogens (primary N) is 1. The number of aromatic hydroxyl groups is 1. The van der Waals surface area contributed by atoms with Crippen LogP contribution in [0.5, 0.6) is 5.75 Å². The second kappa shape index (κ2) is 12.8. The fourth-order valence-corrected chi connectivity index (χ4v) is 2.89. The van der Waals surface area contributed by atoms with E-state index in [1.807, 2.05) is 19.1 Å². The summed E-state index contributed by atoms with van der Waals surface area (Å²) in [7, 11) is 0. The molecule has 176 valence electrons. The Morgan fingerprint density at radius 2 is 1.82 bits per heavy atom. The SMILES string of the molecule is Cc1c(O)cccc1NC(=O)c1ccc(/C(=C/C(N)C(F)F)NC/C=C\C=C/C(C)Cl)cc1. The molecular formula is C25H28ClF2N3O2. The number of nitrogens with one attached hydrogen (secondary N) is 2. The van der Waals surface area contributed by atoms with E-state index in [2.05, 4.69) is 10.6 Å². The van der Waals surface area contributed by atoms with Crippen LogP contribution in [0.2, 0.25) is 0 Å². The van der Waals surface area contributed by atoms with Crippen molar-refractivity contribution in [3.8, 4) is 5.75 Å². The van der Waals surface area contributed by atoms with E-state index < -0.39 is 12.5 Å². The normalized spacial score (nSPS) is 14.1. The molecule has 0 saturated carbocycles. The van der Waals surface area contributed by atoms with Crippen molar-refractivity contribution in [3.05, 3.63) is 89.5 Å². The molecule has 0 aliphatic rings. The van der Waals surface area contributed by atoms with Crippen LogP contribution >= 0.6 is 11.6 Å². The Morgan fingerprint density at radius 1 is 1.15 bits per heavy atom. The Kier molecular flexibility index (Phi) is 10.1. The second-order valence-electron chi connectivity index (χ2n) is 7.34. The van der Waals surface area contributed by atoms with Gasteiger partial charge in [0.05, 0.1) is 6.04 Å². The summed E-state index contributed by atoms with van der Waals surface area (Å²) in [5.74, 6) is -0.276. The minimum absolute atomic E-state index is 0.0843. The van der Waals surface area contributed by atoms with Gasteiger partial charge in [0.25, 0.3) is 12.3 Å². The van der Waals surface area contributed by atoms with E-state index in [0.717, 1.165) is 0 Å². The zero-order chi connectivity index (χ0) is 24.4. The first-order valence-corrected chi connectivity index (χ1v) is 10.8. The smallest absolute Gasteiger partial charge is 0.257 e. The van der Waals surface area contributed by atoms with Crippen molar-refractivity contribution in [1.29, 1.82) is 0 Å². The van der Waals surface area contributed by atoms with E-state index in [-0.39, 0.29) is 17.0 Å². The van der Waals surface area contributed by atoms with Crippen molar-refractivity contribution in [3.63, 3.8) is 0 Å². The average molecular weight is 476 g/mol. The predicted octanol–water partition coefficient (Wildman–Crippen LogP) is 5.22. The first-order chi connectivity index (χ1) is 15.7. The van der Waals surface area contributed by atoms with Crippen LogP contribution in [-0.4, -0.2) is 35.4 Å². The Labute approximate surface area is 197 Å². The standard InChI is InChI=1S/C25H28ClF2N3O2/c1-16(26)7-4-3-5-14-30-22(15-20(29)24(27)28)18-10-12-19(13-11-18)25(33)31-21-8-6-9-23(32)17(21)2/h3-13,15-16,20,24,30,32H,14,29H2,1-2H3,(H,31,33)/b5-3-,7-4-,22-15-. The lowest BCUT2D eigenvalue weighted by Gasteiger charge is -2.14. The van der Waals surface area contributed by atoms with E-state index in [9.17, 15) is 18.7 Å². The lowest BCUT2D eigenvalue weighted by Crippen LogP contribution is -2.28. The topological polar surface area (TPSA) is 87.4 Å². The van der Waals surface area contributed by atoms with Crippen LogP contribution in [0.1, 0.15) is 28.4 Å². The number of phenols is 1. The lowest BCUT2D eigenvalue weighted by molar-refractivity contribution is 0.102. The van der Waals surface area contributed by atoms with E-state index in [0.29, 0.717) is 34.6 Å². The predicted molar refractivity (Wildman–Crippen MR) is 131 cm³/mol. The maximum absolute atomic E-state index is 13.0. The number of alkyl halides is 3. The Hall–Kier alpha value is -3.16. The van der Waals surface area contributed by atoms with Gasteiger partial charge in [-0.25, -0.2) is 8.78 Å². The number of anilines is 1. The largest absolute Gasteiger partial charge is 0.508 e. The molecule has 0 radical (unpaired) electrons. The van der Waals surface area contributed by atoms with Gasteiger partial charge >= 0.3 is 0 Å². The summed E-state index contributed by atoms with van der Waals surface area (Å²) in [4.78, 5) is 12.6. The minimum atomic E-state index is -2.71. The third-order valence-corrected chi connectivity index (χ3v) is 4.84. The van der Waals surface area contributed by atoms with Crippen LogP contribution in [0.25, 0.3) is 5.70 Å². The molecule has 0 spiro atoms. The summed E-state index contributed by atoms with van der Waals surface area (Å²) < 4.78 is 26.0. The van der Waals surface area contributed by atoms with Crippen molar-refractivity contribution < 1.29 is 18.7 Å². The number of phenolic OH excluding ortho intramolecular Hbond substituents is 1. The van der Waals surface area contributed by atoms with Crippen LogP contribution in [0, 0.1) is 6.92 Å². The van der Waals surface area contributed by atoms with Crippen molar-refractivity contribution >= 4 is 28.9 Å². The number of halogens is 3. The Morgan fingerprint density at radius 3 is 2.45 bits per heavy atom. The highest BCUT2D eigenvalue weighted by Gasteiger charge is 2.15. The zero-order valence-electron chi connectivity index (χ0n) is 18.4. The Bertz CT molecular complexity index is 1020. The van der Waals surface area contributed by atoms with Crippen molar-refractivity contribution in [2.45, 2.75) is 31.7 Å². The van der Waals surface area contributed by atoms with Crippen molar-refractivity contribution in [2.24, 2.45) is 5.73 Å². The van der Waals surface area contributed by atoms with Crippen molar-refractivity contribution in [2.75, 3.05) is 11.9 Å². The van der Waals surface area contributed by atoms with Gasteiger partial charge in [-0.2, -0.15) is 0 Å². The number of amides is 1. The highest BCUT2D eigenvalue weighted by molar-refractivity contribution is 6.21. The van der Waals surface area contributed by atoms with Gasteiger partial charge < -0.3 is 21.5 Å². The summed E-state index contributed by atoms with van der Waals surface area (Å²) in [6.07, 6.45) is 5.78. The lowest BCUT2D eigenvalue weighted by atomic mass is 10.1. The Balaban J connectivity index is 2.15. The average Bonchev–Trinajstić information content (AvgIpc) is 2.78. The number of hydrogen-bond acceptors (Lipinski definition) is 4. The van der Waals surface area contributed by atoms with Gasteiger partial charge in [-0.05, 0) is 49.8 Å². The highest BCUT2D eigenvalue weighted by atomic mass is 35.5. The van der Waals surface area contributed by atoms with Crippen LogP contribution in [0.3, 0.4) is 0 Å². The van der Waals surface area contributed by atoms with Crippen LogP contribution in [0.15, 0.2) is 72.8 Å². The first-order valence-electron chi connectivity index (χ1n) is 10.4. The van der Waals surface area contributed by atoms with E-state index in [1.54, 1.807) is 55.5 Å². The molecule has 5 nitrogen and oxygen atoms in total. The minimum Gasteiger partial charge on any atom is -0.508 e. The number of benzene rings is 2. The summed E-state index contributed by atoms with van der Waals surface area (Å²) in [6.45, 7) is 3.91. The van der Waals surface area contributed by atoms with Gasteiger partial charge in [-0.3, -0.25) is 4.79 Å². The van der Waals surface area contributed by atoms with Gasteiger partial charge in [-0.15, -0.1) is 11.6 Å². The van der Waals surface area contributed by atoms with Crippen LogP contribution in [0.4, 0.5) is 14.5 Å². The molecule has 0 heterocycles. The fraction of sp³-hybridized carbons (Fsp3) is 0.240. The molecule has 0 aromatic heterocycles. The van der Waals surface area contributed by atoms with Gasteiger partial charge in [0.1, 0.15) is 5.75 Å². The van der Waals surface area contributed by atoms with E-state index in [4.69, 9.17) is 17.3 Å². The third kappa shape index (κ3) is 8.36. The molecule has 2 atom stereocenters. The zero-order valence-corrected chi connectivity index (χ0v) is 19.2. The number of allylic oxidation sites excluding steroid dienone is 3. The number of carbonyl (C=O) groups is 1. The molecule has 2 aromatic carbocycles. The van der Waals surface area contributed by atoms with Crippen molar-refractivity contribution in [1.82, 2.24) is 5.32 Å². The number of rotatable bonds is 10. The van der Waals surface area contributed by atoms with Crippen LogP contribution < -0.4 is 16.4 Å². The number of carbonyl (C=O) groups excluding carboxylic acids is 1. The summed E-state index contributed by atoms with van der Waals surface area (Å²) in [6, 6.07) is 9.91. The molecule has 0 aliphatic heterocycles. The first kappa shape index (κ1) is 26.1. The van der Waals surface area contributed by atoms with Crippen LogP contribution in [-0.2, 0) is 0 Å². The molecule has 1 amide bonds. The molecule has 0 bridgehead atoms. The summed E-state index contributed by atoms with van der Waals surface area (Å²) >= 11 is 5.83. The van der Waals surface area contributed by atoms with Gasteiger partial charge in [-0.1, -0.05) is 42.5 Å². The molecule has 8 heteroatoms. The molecule has 0 saturated heterocycles. The maximum Gasteiger partial charge on any atom is 0.257 e. The van der Waals surface area contributed by atoms with Gasteiger partial charge in [0.2, 0.25) is 0 Å². The third-order valence-electron chi connectivity index (χ3n) is 4.70. The molecular weight excluding hydrogens is 448 g/mol. The van der Waals surface area contributed by atoms with E-state index in [1.165, 1.54) is 12.1 Å².